The molecule has 0 unspecified atom stereocenters. The second-order valence-corrected chi connectivity index (χ2v) is 3.80. The summed E-state index contributed by atoms with van der Waals surface area (Å²) in [6.07, 6.45) is -2.16. The summed E-state index contributed by atoms with van der Waals surface area (Å²) >= 11 is 1.44. The SMILES string of the molecule is N#CCc1cnc(C(F)F)c(I)c1[N+](=O)[O-]. The molecule has 1 aromatic rings. The van der Waals surface area contributed by atoms with Crippen molar-refractivity contribution in [1.29, 1.82) is 5.26 Å². The van der Waals surface area contributed by atoms with E-state index in [4.69, 9.17) is 5.26 Å². The van der Waals surface area contributed by atoms with Crippen LogP contribution in [-0.4, -0.2) is 9.91 Å². The summed E-state index contributed by atoms with van der Waals surface area (Å²) < 4.78 is 24.7. The molecule has 0 aliphatic rings. The second-order valence-electron chi connectivity index (χ2n) is 2.72. The van der Waals surface area contributed by atoms with Crippen molar-refractivity contribution >= 4 is 28.3 Å². The number of rotatable bonds is 3. The zero-order chi connectivity index (χ0) is 12.3. The van der Waals surface area contributed by atoms with Gasteiger partial charge in [0.25, 0.3) is 12.1 Å². The highest BCUT2D eigenvalue weighted by atomic mass is 127. The van der Waals surface area contributed by atoms with Crippen LogP contribution in [0.5, 0.6) is 0 Å². The topological polar surface area (TPSA) is 79.8 Å². The number of nitriles is 1. The molecule has 1 rings (SSSR count). The monoisotopic (exact) mass is 339 g/mol. The van der Waals surface area contributed by atoms with Gasteiger partial charge in [0, 0.05) is 6.20 Å². The Labute approximate surface area is 102 Å². The lowest BCUT2D eigenvalue weighted by molar-refractivity contribution is -0.386. The predicted octanol–water partition coefficient (Wildman–Crippen LogP) is 2.60. The molecule has 84 valence electrons. The van der Waals surface area contributed by atoms with Crippen LogP contribution in [-0.2, 0) is 6.42 Å². The lowest BCUT2D eigenvalue weighted by Crippen LogP contribution is -2.04. The van der Waals surface area contributed by atoms with Crippen molar-refractivity contribution in [2.24, 2.45) is 0 Å². The number of aromatic nitrogens is 1. The molecule has 0 aliphatic heterocycles. The molecule has 0 bridgehead atoms. The van der Waals surface area contributed by atoms with Gasteiger partial charge in [0.05, 0.1) is 23.0 Å². The van der Waals surface area contributed by atoms with E-state index < -0.39 is 22.7 Å². The third-order valence-electron chi connectivity index (χ3n) is 1.76. The van der Waals surface area contributed by atoms with E-state index >= 15 is 0 Å². The fourth-order valence-electron chi connectivity index (χ4n) is 1.09. The number of alkyl halides is 2. The summed E-state index contributed by atoms with van der Waals surface area (Å²) in [7, 11) is 0. The average molecular weight is 339 g/mol. The Bertz CT molecular complexity index is 473. The van der Waals surface area contributed by atoms with Crippen LogP contribution in [0.4, 0.5) is 14.5 Å². The molecule has 0 fully saturated rings. The maximum Gasteiger partial charge on any atom is 0.290 e. The first-order valence-electron chi connectivity index (χ1n) is 3.95. The minimum atomic E-state index is -2.87. The van der Waals surface area contributed by atoms with Gasteiger partial charge in [-0.15, -0.1) is 0 Å². The molecule has 8 heteroatoms. The van der Waals surface area contributed by atoms with E-state index in [0.29, 0.717) is 0 Å². The number of nitrogens with zero attached hydrogens (tertiary/aromatic N) is 3. The number of halogens is 3. The van der Waals surface area contributed by atoms with Crippen molar-refractivity contribution in [2.45, 2.75) is 12.8 Å². The first kappa shape index (κ1) is 12.7. The standard InChI is InChI=1S/C8H4F2IN3O2/c9-8(10)6-5(11)7(14(15)16)4(1-2-12)3-13-6/h3,8H,1H2. The summed E-state index contributed by atoms with van der Waals surface area (Å²) in [5.74, 6) is 0. The highest BCUT2D eigenvalue weighted by Crippen LogP contribution is 2.32. The van der Waals surface area contributed by atoms with Crippen LogP contribution >= 0.6 is 22.6 Å². The highest BCUT2D eigenvalue weighted by Gasteiger charge is 2.26. The van der Waals surface area contributed by atoms with Gasteiger partial charge in [0.2, 0.25) is 0 Å². The van der Waals surface area contributed by atoms with E-state index in [1.165, 1.54) is 22.6 Å². The van der Waals surface area contributed by atoms with E-state index in [9.17, 15) is 18.9 Å². The average Bonchev–Trinajstić information content (AvgIpc) is 2.17. The van der Waals surface area contributed by atoms with Crippen LogP contribution in [0.1, 0.15) is 17.7 Å². The van der Waals surface area contributed by atoms with Crippen LogP contribution < -0.4 is 0 Å². The normalized spacial score (nSPS) is 10.2. The lowest BCUT2D eigenvalue weighted by Gasteiger charge is -2.05. The summed E-state index contributed by atoms with van der Waals surface area (Å²) in [6, 6.07) is 1.72. The quantitative estimate of drug-likeness (QED) is 0.482. The summed E-state index contributed by atoms with van der Waals surface area (Å²) in [4.78, 5) is 13.4. The van der Waals surface area contributed by atoms with Gasteiger partial charge >= 0.3 is 0 Å². The molecule has 16 heavy (non-hydrogen) atoms. The van der Waals surface area contributed by atoms with Crippen LogP contribution in [0, 0.1) is 25.0 Å². The summed E-state index contributed by atoms with van der Waals surface area (Å²) in [5.41, 5.74) is -1.05. The van der Waals surface area contributed by atoms with Crippen molar-refractivity contribution in [3.63, 3.8) is 0 Å². The zero-order valence-corrected chi connectivity index (χ0v) is 9.81. The smallest absolute Gasteiger partial charge is 0.258 e. The summed E-state index contributed by atoms with van der Waals surface area (Å²) in [6.45, 7) is 0. The number of hydrogen-bond donors (Lipinski definition) is 0. The van der Waals surface area contributed by atoms with Crippen LogP contribution in [0.3, 0.4) is 0 Å². The molecule has 1 heterocycles. The Hall–Kier alpha value is -1.37. The Morgan fingerprint density at radius 2 is 2.31 bits per heavy atom. The van der Waals surface area contributed by atoms with E-state index in [1.54, 1.807) is 6.07 Å². The molecule has 0 N–H and O–H groups in total. The molecule has 0 saturated carbocycles. The van der Waals surface area contributed by atoms with Crippen LogP contribution in [0.25, 0.3) is 0 Å². The Kier molecular flexibility index (Phi) is 4.05. The van der Waals surface area contributed by atoms with E-state index in [-0.39, 0.29) is 15.6 Å². The number of pyridine rings is 1. The Balaban J connectivity index is 3.43. The molecule has 0 spiro atoms. The first-order chi connectivity index (χ1) is 7.49. The predicted molar refractivity (Wildman–Crippen MR) is 57.9 cm³/mol. The van der Waals surface area contributed by atoms with Gasteiger partial charge in [-0.3, -0.25) is 15.1 Å². The third kappa shape index (κ3) is 2.41. The Morgan fingerprint density at radius 1 is 1.69 bits per heavy atom. The minimum absolute atomic E-state index is 0.0429. The summed E-state index contributed by atoms with van der Waals surface area (Å²) in [5, 5.41) is 19.2. The van der Waals surface area contributed by atoms with E-state index in [2.05, 4.69) is 4.98 Å². The molecular weight excluding hydrogens is 335 g/mol. The fourth-order valence-corrected chi connectivity index (χ4v) is 2.01. The third-order valence-corrected chi connectivity index (χ3v) is 2.82. The largest absolute Gasteiger partial charge is 0.290 e. The Morgan fingerprint density at radius 3 is 2.75 bits per heavy atom. The van der Waals surface area contributed by atoms with Crippen molar-refractivity contribution in [1.82, 2.24) is 4.98 Å². The second kappa shape index (κ2) is 5.11. The number of nitro groups is 1. The molecule has 1 aromatic heterocycles. The molecular formula is C8H4F2IN3O2. The van der Waals surface area contributed by atoms with Gasteiger partial charge in [-0.05, 0) is 22.6 Å². The molecule has 0 aliphatic carbocycles. The first-order valence-corrected chi connectivity index (χ1v) is 5.03. The molecule has 5 nitrogen and oxygen atoms in total. The van der Waals surface area contributed by atoms with Gasteiger partial charge < -0.3 is 0 Å². The van der Waals surface area contributed by atoms with Gasteiger partial charge in [0.15, 0.2) is 0 Å². The zero-order valence-electron chi connectivity index (χ0n) is 7.65. The van der Waals surface area contributed by atoms with Gasteiger partial charge in [-0.2, -0.15) is 5.26 Å². The van der Waals surface area contributed by atoms with Crippen molar-refractivity contribution in [2.75, 3.05) is 0 Å². The molecule has 0 amide bonds. The van der Waals surface area contributed by atoms with Crippen LogP contribution in [0.2, 0.25) is 0 Å². The maximum absolute atomic E-state index is 12.4. The lowest BCUT2D eigenvalue weighted by atomic mass is 10.1. The van der Waals surface area contributed by atoms with Crippen molar-refractivity contribution in [3.8, 4) is 6.07 Å². The maximum atomic E-state index is 12.4. The number of hydrogen-bond acceptors (Lipinski definition) is 4. The molecule has 0 atom stereocenters. The van der Waals surface area contributed by atoms with Gasteiger partial charge in [0.1, 0.15) is 9.26 Å². The molecule has 0 aromatic carbocycles. The van der Waals surface area contributed by atoms with Gasteiger partial charge in [-0.1, -0.05) is 0 Å². The van der Waals surface area contributed by atoms with E-state index in [1.807, 2.05) is 0 Å². The van der Waals surface area contributed by atoms with Crippen molar-refractivity contribution < 1.29 is 13.7 Å². The van der Waals surface area contributed by atoms with Gasteiger partial charge in [-0.25, -0.2) is 8.78 Å². The van der Waals surface area contributed by atoms with E-state index in [0.717, 1.165) is 6.20 Å². The van der Waals surface area contributed by atoms with Crippen molar-refractivity contribution in [3.05, 3.63) is 31.1 Å². The highest BCUT2D eigenvalue weighted by molar-refractivity contribution is 14.1. The molecule has 0 saturated heterocycles. The van der Waals surface area contributed by atoms with Crippen LogP contribution in [0.15, 0.2) is 6.20 Å². The minimum Gasteiger partial charge on any atom is -0.258 e. The molecule has 0 radical (unpaired) electrons. The fraction of sp³-hybridized carbons (Fsp3) is 0.250.